The molecule has 0 saturated heterocycles. The average Bonchev–Trinajstić information content (AvgIpc) is 3.15. The van der Waals surface area contributed by atoms with E-state index >= 15 is 0 Å². The first-order valence-corrected chi connectivity index (χ1v) is 6.75. The van der Waals surface area contributed by atoms with Crippen LogP contribution in [0.15, 0.2) is 27.4 Å². The molecule has 0 aliphatic heterocycles. The van der Waals surface area contributed by atoms with Crippen molar-refractivity contribution in [1.82, 2.24) is 20.5 Å². The van der Waals surface area contributed by atoms with Crippen LogP contribution < -0.4 is 10.5 Å². The fourth-order valence-corrected chi connectivity index (χ4v) is 1.80. The van der Waals surface area contributed by atoms with E-state index < -0.39 is 5.97 Å². The van der Waals surface area contributed by atoms with Gasteiger partial charge in [-0.05, 0) is 28.5 Å². The van der Waals surface area contributed by atoms with E-state index in [0.29, 0.717) is 16.3 Å². The largest absolute Gasteiger partial charge is 0.496 e. The van der Waals surface area contributed by atoms with Crippen molar-refractivity contribution >= 4 is 23.4 Å². The summed E-state index contributed by atoms with van der Waals surface area (Å²) in [6, 6.07) is 5.05. The summed E-state index contributed by atoms with van der Waals surface area (Å²) < 4.78 is 14.9. The Morgan fingerprint density at radius 3 is 2.62 bits per heavy atom. The fraction of sp³-hybridized carbons (Fsp3) is 0.154. The van der Waals surface area contributed by atoms with Crippen molar-refractivity contribution in [1.29, 1.82) is 0 Å². The lowest BCUT2D eigenvalue weighted by molar-refractivity contribution is -0.134. The van der Waals surface area contributed by atoms with Crippen molar-refractivity contribution < 1.29 is 23.8 Å². The SMILES string of the molecule is CC(=O)O.COc1ccc(Cl)cc1-c1nc(-c2nonc2N)no1. The van der Waals surface area contributed by atoms with Gasteiger partial charge in [0.2, 0.25) is 5.82 Å². The molecule has 0 radical (unpaired) electrons. The third-order valence-electron chi connectivity index (χ3n) is 2.54. The number of nitrogen functional groups attached to an aromatic ring is 1. The highest BCUT2D eigenvalue weighted by molar-refractivity contribution is 6.30. The number of halogens is 1. The first-order chi connectivity index (χ1) is 11.4. The van der Waals surface area contributed by atoms with Crippen LogP contribution in [-0.4, -0.2) is 38.6 Å². The summed E-state index contributed by atoms with van der Waals surface area (Å²) in [7, 11) is 1.53. The molecule has 3 N–H and O–H groups in total. The number of nitrogens with two attached hydrogens (primary N) is 1. The molecule has 0 atom stereocenters. The van der Waals surface area contributed by atoms with Crippen LogP contribution in [0.4, 0.5) is 5.82 Å². The van der Waals surface area contributed by atoms with E-state index in [1.54, 1.807) is 18.2 Å². The second-order valence-electron chi connectivity index (χ2n) is 4.28. The highest BCUT2D eigenvalue weighted by atomic mass is 35.5. The molecule has 0 bridgehead atoms. The minimum atomic E-state index is -0.833. The quantitative estimate of drug-likeness (QED) is 0.716. The molecule has 0 unspecified atom stereocenters. The Labute approximate surface area is 140 Å². The second-order valence-corrected chi connectivity index (χ2v) is 4.72. The number of carbonyl (C=O) groups is 1. The maximum Gasteiger partial charge on any atom is 0.300 e. The van der Waals surface area contributed by atoms with Crippen LogP contribution in [-0.2, 0) is 4.79 Å². The van der Waals surface area contributed by atoms with E-state index in [-0.39, 0.29) is 23.2 Å². The molecule has 1 aromatic carbocycles. The molecule has 0 fully saturated rings. The second kappa shape index (κ2) is 7.42. The number of methoxy groups -OCH3 is 1. The zero-order chi connectivity index (χ0) is 17.7. The molecule has 3 rings (SSSR count). The summed E-state index contributed by atoms with van der Waals surface area (Å²) in [4.78, 5) is 13.2. The van der Waals surface area contributed by atoms with Gasteiger partial charge in [0.05, 0.1) is 12.7 Å². The van der Waals surface area contributed by atoms with Crippen LogP contribution in [0.2, 0.25) is 5.02 Å². The van der Waals surface area contributed by atoms with Crippen LogP contribution in [0.25, 0.3) is 23.0 Å². The number of hydrogen-bond acceptors (Lipinski definition) is 9. The molecule has 0 spiro atoms. The Morgan fingerprint density at radius 2 is 2.04 bits per heavy atom. The number of ether oxygens (including phenoxy) is 1. The summed E-state index contributed by atoms with van der Waals surface area (Å²) in [6.07, 6.45) is 0. The number of carboxylic acids is 1. The summed E-state index contributed by atoms with van der Waals surface area (Å²) in [5, 5.41) is 18.8. The van der Waals surface area contributed by atoms with E-state index in [4.69, 9.17) is 36.5 Å². The van der Waals surface area contributed by atoms with Crippen LogP contribution in [0.5, 0.6) is 5.75 Å². The molecular formula is C13H12ClN5O5. The lowest BCUT2D eigenvalue weighted by Crippen LogP contribution is -1.90. The molecule has 126 valence electrons. The van der Waals surface area contributed by atoms with Crippen molar-refractivity contribution in [2.24, 2.45) is 0 Å². The lowest BCUT2D eigenvalue weighted by Gasteiger charge is -2.04. The van der Waals surface area contributed by atoms with Gasteiger partial charge < -0.3 is 20.1 Å². The molecule has 0 aliphatic carbocycles. The minimum absolute atomic E-state index is 0.0791. The van der Waals surface area contributed by atoms with Crippen molar-refractivity contribution in [3.05, 3.63) is 23.2 Å². The van der Waals surface area contributed by atoms with Crippen LogP contribution in [0.3, 0.4) is 0 Å². The van der Waals surface area contributed by atoms with Crippen molar-refractivity contribution in [3.63, 3.8) is 0 Å². The zero-order valence-corrected chi connectivity index (χ0v) is 13.3. The predicted molar refractivity (Wildman–Crippen MR) is 82.3 cm³/mol. The highest BCUT2D eigenvalue weighted by Gasteiger charge is 2.19. The minimum Gasteiger partial charge on any atom is -0.496 e. The van der Waals surface area contributed by atoms with Crippen molar-refractivity contribution in [3.8, 4) is 28.7 Å². The van der Waals surface area contributed by atoms with Crippen LogP contribution in [0.1, 0.15) is 6.92 Å². The zero-order valence-electron chi connectivity index (χ0n) is 12.6. The predicted octanol–water partition coefficient (Wildman–Crippen LogP) is 2.12. The summed E-state index contributed by atoms with van der Waals surface area (Å²) in [5.41, 5.74) is 6.34. The molecule has 0 aliphatic rings. The lowest BCUT2D eigenvalue weighted by atomic mass is 10.2. The maximum absolute atomic E-state index is 9.00. The summed E-state index contributed by atoms with van der Waals surface area (Å²) in [5.74, 6) is 0.189. The number of carboxylic acid groups (broad SMARTS) is 1. The Kier molecular flexibility index (Phi) is 5.32. The third kappa shape index (κ3) is 3.98. The molecule has 0 amide bonds. The number of aliphatic carboxylic acids is 1. The number of aromatic nitrogens is 4. The average molecular weight is 354 g/mol. The standard InChI is InChI=1S/C11H8ClN5O3.C2H4O2/c1-18-7-3-2-5(12)4-6(7)11-14-10(17-19-11)8-9(13)16-20-15-8;1-2(3)4/h2-4H,1H3,(H2,13,16);1H3,(H,3,4). The van der Waals surface area contributed by atoms with Gasteiger partial charge in [0, 0.05) is 11.9 Å². The Hall–Kier alpha value is -3.14. The smallest absolute Gasteiger partial charge is 0.300 e. The topological polar surface area (TPSA) is 150 Å². The monoisotopic (exact) mass is 353 g/mol. The molecule has 2 heterocycles. The van der Waals surface area contributed by atoms with Gasteiger partial charge >= 0.3 is 0 Å². The van der Waals surface area contributed by atoms with Crippen molar-refractivity contribution in [2.75, 3.05) is 12.8 Å². The summed E-state index contributed by atoms with van der Waals surface area (Å²) >= 11 is 5.95. The number of rotatable bonds is 3. The fourth-order valence-electron chi connectivity index (χ4n) is 1.63. The first-order valence-electron chi connectivity index (χ1n) is 6.38. The first kappa shape index (κ1) is 17.2. The van der Waals surface area contributed by atoms with E-state index in [0.717, 1.165) is 6.92 Å². The third-order valence-corrected chi connectivity index (χ3v) is 2.78. The highest BCUT2D eigenvalue weighted by Crippen LogP contribution is 2.32. The normalized spacial score (nSPS) is 9.96. The van der Waals surface area contributed by atoms with E-state index in [1.807, 2.05) is 0 Å². The van der Waals surface area contributed by atoms with E-state index in [9.17, 15) is 0 Å². The molecule has 11 heteroatoms. The number of benzene rings is 1. The molecule has 24 heavy (non-hydrogen) atoms. The van der Waals surface area contributed by atoms with Gasteiger partial charge in [-0.3, -0.25) is 4.79 Å². The number of anilines is 1. The maximum atomic E-state index is 9.00. The van der Waals surface area contributed by atoms with Gasteiger partial charge in [-0.15, -0.1) is 0 Å². The molecule has 3 aromatic rings. The molecule has 2 aromatic heterocycles. The van der Waals surface area contributed by atoms with E-state index in [1.165, 1.54) is 7.11 Å². The number of nitrogens with zero attached hydrogens (tertiary/aromatic N) is 4. The van der Waals surface area contributed by atoms with Crippen molar-refractivity contribution in [2.45, 2.75) is 6.92 Å². The van der Waals surface area contributed by atoms with E-state index in [2.05, 4.69) is 25.1 Å². The van der Waals surface area contributed by atoms with Gasteiger partial charge in [-0.25, -0.2) is 4.63 Å². The van der Waals surface area contributed by atoms with Crippen LogP contribution >= 0.6 is 11.6 Å². The van der Waals surface area contributed by atoms with Gasteiger partial charge in [-0.2, -0.15) is 4.98 Å². The Bertz CT molecular complexity index is 843. The molecule has 0 saturated carbocycles. The van der Waals surface area contributed by atoms with Gasteiger partial charge in [0.15, 0.2) is 11.5 Å². The number of hydrogen-bond donors (Lipinski definition) is 2. The van der Waals surface area contributed by atoms with Gasteiger partial charge in [-0.1, -0.05) is 16.8 Å². The van der Waals surface area contributed by atoms with Gasteiger partial charge in [0.1, 0.15) is 5.75 Å². The molecule has 10 nitrogen and oxygen atoms in total. The molecular weight excluding hydrogens is 342 g/mol. The summed E-state index contributed by atoms with van der Waals surface area (Å²) in [6.45, 7) is 1.08. The van der Waals surface area contributed by atoms with Crippen LogP contribution in [0, 0.1) is 0 Å². The Balaban J connectivity index is 0.000000471. The van der Waals surface area contributed by atoms with Gasteiger partial charge in [0.25, 0.3) is 11.9 Å². The Morgan fingerprint density at radius 1 is 1.33 bits per heavy atom.